The lowest BCUT2D eigenvalue weighted by Crippen LogP contribution is -2.01. The number of fused-ring (bicyclic) bond motifs is 9. The number of furan rings is 2. The molecule has 39 heavy (non-hydrogen) atoms. The van der Waals surface area contributed by atoms with Crippen molar-refractivity contribution in [3.63, 3.8) is 0 Å². The van der Waals surface area contributed by atoms with Crippen LogP contribution in [0, 0.1) is 0 Å². The van der Waals surface area contributed by atoms with Gasteiger partial charge < -0.3 is 13.4 Å². The maximum atomic E-state index is 6.13. The van der Waals surface area contributed by atoms with E-state index in [1.54, 1.807) is 0 Å². The largest absolute Gasteiger partial charge is 0.456 e. The van der Waals surface area contributed by atoms with Crippen LogP contribution in [-0.4, -0.2) is 19.9 Å². The molecular weight excluding hydrogens is 488 g/mol. The van der Waals surface area contributed by atoms with E-state index in [1.807, 2.05) is 42.5 Å². The number of nitrogens with zero attached hydrogens (tertiary/aromatic N) is 4. The van der Waals surface area contributed by atoms with Gasteiger partial charge in [0.1, 0.15) is 28.0 Å². The molecule has 0 fully saturated rings. The van der Waals surface area contributed by atoms with Crippen molar-refractivity contribution in [2.45, 2.75) is 19.4 Å². The third-order valence-corrected chi connectivity index (χ3v) is 7.83. The first-order valence-corrected chi connectivity index (χ1v) is 13.1. The molecule has 7 heteroatoms. The number of hydrogen-bond acceptors (Lipinski definition) is 6. The number of benzene rings is 4. The molecule has 4 aromatic heterocycles. The predicted molar refractivity (Wildman–Crippen MR) is 149 cm³/mol. The molecule has 0 N–H and O–H groups in total. The molecule has 186 valence electrons. The van der Waals surface area contributed by atoms with Crippen molar-refractivity contribution in [2.75, 3.05) is 0 Å². The average molecular weight is 509 g/mol. The van der Waals surface area contributed by atoms with Crippen molar-refractivity contribution < 1.29 is 13.5 Å². The van der Waals surface area contributed by atoms with Crippen LogP contribution < -0.4 is 0 Å². The van der Waals surface area contributed by atoms with Crippen LogP contribution in [0.3, 0.4) is 0 Å². The monoisotopic (exact) mass is 508 g/mol. The van der Waals surface area contributed by atoms with Gasteiger partial charge in [-0.25, -0.2) is 9.61 Å². The molecule has 0 bridgehead atoms. The van der Waals surface area contributed by atoms with Crippen LogP contribution >= 0.6 is 0 Å². The molecule has 0 saturated heterocycles. The molecule has 0 saturated carbocycles. The molecule has 0 amide bonds. The van der Waals surface area contributed by atoms with Gasteiger partial charge in [-0.1, -0.05) is 41.6 Å². The topological polar surface area (TPSA) is 83.0 Å². The van der Waals surface area contributed by atoms with E-state index < -0.39 is 0 Å². The Kier molecular flexibility index (Phi) is 4.10. The lowest BCUT2D eigenvalue weighted by Gasteiger charge is -2.11. The Hall–Kier alpha value is -5.17. The Morgan fingerprint density at radius 2 is 1.26 bits per heavy atom. The molecule has 7 nitrogen and oxygen atoms in total. The second-order valence-corrected chi connectivity index (χ2v) is 10.1. The van der Waals surface area contributed by atoms with Gasteiger partial charge in [-0.3, -0.25) is 0 Å². The van der Waals surface area contributed by atoms with E-state index in [0.29, 0.717) is 5.69 Å². The first-order chi connectivity index (χ1) is 19.3. The fraction of sp³-hybridized carbons (Fsp3) is 0.0938. The van der Waals surface area contributed by atoms with Gasteiger partial charge in [0.15, 0.2) is 11.5 Å². The first kappa shape index (κ1) is 20.8. The number of rotatable bonds is 2. The summed E-state index contributed by atoms with van der Waals surface area (Å²) in [6.07, 6.45) is 1.72. The Bertz CT molecular complexity index is 2230. The zero-order valence-electron chi connectivity index (χ0n) is 20.7. The van der Waals surface area contributed by atoms with E-state index in [0.717, 1.165) is 97.3 Å². The highest BCUT2D eigenvalue weighted by Gasteiger charge is 2.28. The van der Waals surface area contributed by atoms with E-state index in [1.165, 1.54) is 0 Å². The molecule has 0 radical (unpaired) electrons. The molecular formula is C32H20N4O3. The summed E-state index contributed by atoms with van der Waals surface area (Å²) in [6.45, 7) is 0.802. The predicted octanol–water partition coefficient (Wildman–Crippen LogP) is 8.01. The van der Waals surface area contributed by atoms with Crippen molar-refractivity contribution in [1.82, 2.24) is 19.9 Å². The highest BCUT2D eigenvalue weighted by molar-refractivity contribution is 6.08. The van der Waals surface area contributed by atoms with Gasteiger partial charge in [-0.05, 0) is 66.5 Å². The van der Waals surface area contributed by atoms with Gasteiger partial charge in [0.05, 0.1) is 11.4 Å². The molecule has 0 spiro atoms. The van der Waals surface area contributed by atoms with Crippen LogP contribution in [-0.2, 0) is 13.0 Å². The van der Waals surface area contributed by atoms with Crippen LogP contribution in [0.2, 0.25) is 0 Å². The Morgan fingerprint density at radius 1 is 0.615 bits per heavy atom. The van der Waals surface area contributed by atoms with Gasteiger partial charge in [-0.15, -0.1) is 0 Å². The summed E-state index contributed by atoms with van der Waals surface area (Å²) >= 11 is 0. The molecule has 4 aromatic carbocycles. The summed E-state index contributed by atoms with van der Waals surface area (Å²) in [5.74, 6) is 0.781. The summed E-state index contributed by atoms with van der Waals surface area (Å²) < 4.78 is 19.7. The van der Waals surface area contributed by atoms with Gasteiger partial charge in [-0.2, -0.15) is 0 Å². The van der Waals surface area contributed by atoms with Crippen LogP contribution in [0.4, 0.5) is 0 Å². The molecule has 9 rings (SSSR count). The number of hydrogen-bond donors (Lipinski definition) is 0. The second kappa shape index (κ2) is 7.68. The summed E-state index contributed by atoms with van der Waals surface area (Å²) in [5, 5.41) is 12.8. The number of aryl methyl sites for hydroxylation is 1. The van der Waals surface area contributed by atoms with Gasteiger partial charge in [0.2, 0.25) is 0 Å². The van der Waals surface area contributed by atoms with Crippen molar-refractivity contribution in [1.29, 1.82) is 0 Å². The lowest BCUT2D eigenvalue weighted by molar-refractivity contribution is 0.303. The van der Waals surface area contributed by atoms with Crippen LogP contribution in [0.25, 0.3) is 77.9 Å². The molecule has 8 aromatic rings. The van der Waals surface area contributed by atoms with Crippen molar-refractivity contribution >= 4 is 43.9 Å². The van der Waals surface area contributed by atoms with E-state index in [2.05, 4.69) is 57.3 Å². The minimum absolute atomic E-state index is 0.713. The smallest absolute Gasteiger partial charge is 0.173 e. The SMILES string of the molecule is c1ccc2c(c1)oc1ccc(-c3nc4n(c3-c3ccc5oc6ccccc6c5c3)CCCc3nonc3-4)cc12. The zero-order chi connectivity index (χ0) is 25.5. The normalized spacial score (nSPS) is 13.3. The highest BCUT2D eigenvalue weighted by atomic mass is 16.6. The summed E-state index contributed by atoms with van der Waals surface area (Å²) in [5.41, 5.74) is 9.06. The third-order valence-electron chi connectivity index (χ3n) is 7.83. The Morgan fingerprint density at radius 3 is 2.00 bits per heavy atom. The van der Waals surface area contributed by atoms with E-state index in [-0.39, 0.29) is 0 Å². The minimum atomic E-state index is 0.713. The van der Waals surface area contributed by atoms with Crippen molar-refractivity contribution in [2.24, 2.45) is 0 Å². The number of para-hydroxylation sites is 2. The van der Waals surface area contributed by atoms with Crippen LogP contribution in [0.15, 0.2) is 98.4 Å². The highest BCUT2D eigenvalue weighted by Crippen LogP contribution is 2.42. The van der Waals surface area contributed by atoms with E-state index >= 15 is 0 Å². The number of aromatic nitrogens is 4. The van der Waals surface area contributed by atoms with Gasteiger partial charge >= 0.3 is 0 Å². The summed E-state index contributed by atoms with van der Waals surface area (Å²) in [7, 11) is 0. The fourth-order valence-electron chi connectivity index (χ4n) is 6.04. The van der Waals surface area contributed by atoms with E-state index in [9.17, 15) is 0 Å². The Labute approximate surface area is 221 Å². The fourth-order valence-corrected chi connectivity index (χ4v) is 6.04. The molecule has 0 unspecified atom stereocenters. The first-order valence-electron chi connectivity index (χ1n) is 13.1. The average Bonchev–Trinajstić information content (AvgIpc) is 3.73. The molecule has 0 aliphatic carbocycles. The van der Waals surface area contributed by atoms with Crippen LogP contribution in [0.5, 0.6) is 0 Å². The van der Waals surface area contributed by atoms with E-state index in [4.69, 9.17) is 18.4 Å². The maximum Gasteiger partial charge on any atom is 0.173 e. The standard InChI is InChI=1S/C32H20N4O3/c1-3-9-25-20(6-1)22-16-18(11-13-27(22)37-25)29-31(36-15-5-8-24-30(32(36)33-29)35-39-34-24)19-12-14-28-23(17-19)21-7-2-4-10-26(21)38-28/h1-4,6-7,9-14,16-17H,5,8,15H2. The molecule has 1 aliphatic heterocycles. The third kappa shape index (κ3) is 2.95. The van der Waals surface area contributed by atoms with Crippen molar-refractivity contribution in [3.8, 4) is 34.0 Å². The Balaban J connectivity index is 1.35. The molecule has 0 atom stereocenters. The van der Waals surface area contributed by atoms with Crippen molar-refractivity contribution in [3.05, 3.63) is 90.6 Å². The quantitative estimate of drug-likeness (QED) is 0.235. The molecule has 5 heterocycles. The maximum absolute atomic E-state index is 6.13. The summed E-state index contributed by atoms with van der Waals surface area (Å²) in [6, 6.07) is 29.0. The summed E-state index contributed by atoms with van der Waals surface area (Å²) in [4.78, 5) is 5.22. The number of imidazole rings is 1. The zero-order valence-corrected chi connectivity index (χ0v) is 20.7. The molecule has 1 aliphatic rings. The van der Waals surface area contributed by atoms with Gasteiger partial charge in [0, 0.05) is 39.2 Å². The lowest BCUT2D eigenvalue weighted by atomic mass is 10.0. The van der Waals surface area contributed by atoms with Gasteiger partial charge in [0.25, 0.3) is 0 Å². The minimum Gasteiger partial charge on any atom is -0.456 e. The van der Waals surface area contributed by atoms with Crippen LogP contribution in [0.1, 0.15) is 12.1 Å². The second-order valence-electron chi connectivity index (χ2n) is 10.1.